The van der Waals surface area contributed by atoms with E-state index in [4.69, 9.17) is 5.73 Å². The van der Waals surface area contributed by atoms with Gasteiger partial charge in [0.1, 0.15) is 12.0 Å². The van der Waals surface area contributed by atoms with Crippen molar-refractivity contribution in [3.05, 3.63) is 36.0 Å². The second-order valence-electron chi connectivity index (χ2n) is 2.79. The fraction of sp³-hybridized carbons (Fsp3) is 0.364. The average molecular weight is 196 g/mol. The lowest BCUT2D eigenvalue weighted by Crippen LogP contribution is -2.14. The van der Waals surface area contributed by atoms with E-state index >= 15 is 0 Å². The first-order valence-electron chi connectivity index (χ1n) is 4.49. The molecule has 1 unspecified atom stereocenters. The van der Waals surface area contributed by atoms with Crippen molar-refractivity contribution in [1.29, 1.82) is 0 Å². The zero-order chi connectivity index (χ0) is 11.0. The van der Waals surface area contributed by atoms with Crippen molar-refractivity contribution in [1.82, 2.24) is 0 Å². The van der Waals surface area contributed by atoms with Gasteiger partial charge in [-0.15, -0.1) is 0 Å². The maximum Gasteiger partial charge on any atom is 0.125 e. The third-order valence-corrected chi connectivity index (χ3v) is 1.53. The molecule has 0 aromatic rings. The quantitative estimate of drug-likeness (QED) is 0.418. The normalized spacial score (nSPS) is 16.9. The van der Waals surface area contributed by atoms with E-state index in [1.54, 1.807) is 19.2 Å². The molecule has 0 aliphatic heterocycles. The fourth-order valence-electron chi connectivity index (χ4n) is 0.873. The van der Waals surface area contributed by atoms with Gasteiger partial charge in [0.2, 0.25) is 0 Å². The first kappa shape index (κ1) is 12.6. The van der Waals surface area contributed by atoms with E-state index in [0.717, 1.165) is 0 Å². The third-order valence-electron chi connectivity index (χ3n) is 1.53. The van der Waals surface area contributed by atoms with Crippen LogP contribution in [0.5, 0.6) is 0 Å². The summed E-state index contributed by atoms with van der Waals surface area (Å²) in [6, 6.07) is 0. The Labute approximate surface area is 84.7 Å². The van der Waals surface area contributed by atoms with E-state index in [9.17, 15) is 4.39 Å². The molecule has 0 spiro atoms. The molecule has 0 rings (SSSR count). The number of nitrogens with two attached hydrogens (primary N) is 1. The number of aliphatic imine (C=N–C) groups is 1. The average Bonchev–Trinajstić information content (AvgIpc) is 2.15. The molecule has 0 aliphatic carbocycles. The Morgan fingerprint density at radius 1 is 1.43 bits per heavy atom. The summed E-state index contributed by atoms with van der Waals surface area (Å²) < 4.78 is 12.7. The van der Waals surface area contributed by atoms with Crippen molar-refractivity contribution in [2.24, 2.45) is 10.7 Å². The molecule has 1 atom stereocenters. The van der Waals surface area contributed by atoms with Crippen LogP contribution in [0.25, 0.3) is 0 Å². The Morgan fingerprint density at radius 3 is 2.50 bits per heavy atom. The first-order valence-corrected chi connectivity index (χ1v) is 4.49. The van der Waals surface area contributed by atoms with E-state index in [1.165, 1.54) is 13.0 Å². The van der Waals surface area contributed by atoms with Gasteiger partial charge in [0.25, 0.3) is 0 Å². The van der Waals surface area contributed by atoms with E-state index in [1.807, 2.05) is 19.1 Å². The first-order chi connectivity index (χ1) is 6.61. The van der Waals surface area contributed by atoms with Gasteiger partial charge in [-0.1, -0.05) is 24.3 Å². The summed E-state index contributed by atoms with van der Waals surface area (Å²) in [6.45, 7) is 3.36. The topological polar surface area (TPSA) is 38.4 Å². The van der Waals surface area contributed by atoms with Gasteiger partial charge in [-0.05, 0) is 19.9 Å². The van der Waals surface area contributed by atoms with Crippen LogP contribution in [-0.2, 0) is 0 Å². The molecule has 0 bridgehead atoms. The Hall–Kier alpha value is -1.38. The molecule has 78 valence electrons. The Balaban J connectivity index is 4.74. The smallest absolute Gasteiger partial charge is 0.125 e. The van der Waals surface area contributed by atoms with Crippen LogP contribution < -0.4 is 5.73 Å². The van der Waals surface area contributed by atoms with Gasteiger partial charge >= 0.3 is 0 Å². The number of halogens is 1. The zero-order valence-electron chi connectivity index (χ0n) is 8.87. The number of amidine groups is 1. The molecule has 0 radical (unpaired) electrons. The van der Waals surface area contributed by atoms with E-state index < -0.39 is 6.17 Å². The zero-order valence-corrected chi connectivity index (χ0v) is 8.87. The van der Waals surface area contributed by atoms with Crippen molar-refractivity contribution in [3.8, 4) is 0 Å². The largest absolute Gasteiger partial charge is 0.384 e. The molecule has 2 N–H and O–H groups in total. The molecule has 0 heterocycles. The highest BCUT2D eigenvalue weighted by Crippen LogP contribution is 2.02. The number of hydrogen-bond donors (Lipinski definition) is 1. The van der Waals surface area contributed by atoms with Crippen LogP contribution in [0.2, 0.25) is 0 Å². The predicted molar refractivity (Wildman–Crippen MR) is 60.2 cm³/mol. The molecule has 0 saturated carbocycles. The van der Waals surface area contributed by atoms with E-state index in [-0.39, 0.29) is 0 Å². The number of hydrogen-bond acceptors (Lipinski definition) is 1. The summed E-state index contributed by atoms with van der Waals surface area (Å²) in [5.74, 6) is 0.343. The summed E-state index contributed by atoms with van der Waals surface area (Å²) in [5.41, 5.74) is 6.20. The van der Waals surface area contributed by atoms with Gasteiger partial charge in [0, 0.05) is 12.6 Å². The molecule has 14 heavy (non-hydrogen) atoms. The van der Waals surface area contributed by atoms with E-state index in [2.05, 4.69) is 4.99 Å². The molecule has 0 fully saturated rings. The van der Waals surface area contributed by atoms with Gasteiger partial charge in [0.05, 0.1) is 0 Å². The monoisotopic (exact) mass is 196 g/mol. The number of allylic oxidation sites excluding steroid dienone is 4. The van der Waals surface area contributed by atoms with Crippen molar-refractivity contribution in [2.45, 2.75) is 20.0 Å². The Bertz CT molecular complexity index is 273. The molecular weight excluding hydrogens is 179 g/mol. The number of alkyl halides is 1. The molecular formula is C11H17FN2. The lowest BCUT2D eigenvalue weighted by Gasteiger charge is -2.01. The molecule has 2 nitrogen and oxygen atoms in total. The molecule has 0 amide bonds. The Morgan fingerprint density at radius 2 is 2.07 bits per heavy atom. The maximum atomic E-state index is 12.7. The maximum absolute atomic E-state index is 12.7. The molecule has 0 aliphatic rings. The highest BCUT2D eigenvalue weighted by molar-refractivity contribution is 5.99. The van der Waals surface area contributed by atoms with E-state index in [0.29, 0.717) is 11.4 Å². The predicted octanol–water partition coefficient (Wildman–Crippen LogP) is 2.39. The minimum atomic E-state index is -1.03. The molecule has 3 heteroatoms. The SMILES string of the molecule is C/C=C/C=C\C(=C\C(C)F)C(N)=NC. The van der Waals surface area contributed by atoms with Crippen molar-refractivity contribution in [3.63, 3.8) is 0 Å². The number of nitrogens with zero attached hydrogens (tertiary/aromatic N) is 1. The van der Waals surface area contributed by atoms with Crippen molar-refractivity contribution < 1.29 is 4.39 Å². The van der Waals surface area contributed by atoms with Crippen LogP contribution in [0.4, 0.5) is 4.39 Å². The fourth-order valence-corrected chi connectivity index (χ4v) is 0.873. The summed E-state index contributed by atoms with van der Waals surface area (Å²) in [4.78, 5) is 3.80. The Kier molecular flexibility index (Phi) is 6.37. The third kappa shape index (κ3) is 5.30. The summed E-state index contributed by atoms with van der Waals surface area (Å²) in [7, 11) is 1.58. The number of rotatable bonds is 4. The second-order valence-corrected chi connectivity index (χ2v) is 2.79. The second kappa shape index (κ2) is 7.06. The highest BCUT2D eigenvalue weighted by atomic mass is 19.1. The lowest BCUT2D eigenvalue weighted by molar-refractivity contribution is 0.430. The standard InChI is InChI=1S/C11H17FN2/c1-4-5-6-7-10(8-9(2)12)11(13)14-3/h4-9H,1-3H3,(H2,13,14)/b5-4+,7-6-,10-8-. The summed E-state index contributed by atoms with van der Waals surface area (Å²) >= 11 is 0. The minimum Gasteiger partial charge on any atom is -0.384 e. The van der Waals surface area contributed by atoms with Crippen LogP contribution >= 0.6 is 0 Å². The van der Waals surface area contributed by atoms with Gasteiger partial charge in [-0.25, -0.2) is 4.39 Å². The molecule has 0 saturated heterocycles. The van der Waals surface area contributed by atoms with Gasteiger partial charge in [0.15, 0.2) is 0 Å². The molecule has 0 aromatic heterocycles. The van der Waals surface area contributed by atoms with Crippen LogP contribution in [0, 0.1) is 0 Å². The van der Waals surface area contributed by atoms with Gasteiger partial charge in [-0.2, -0.15) is 0 Å². The summed E-state index contributed by atoms with van der Waals surface area (Å²) in [5, 5.41) is 0. The van der Waals surface area contributed by atoms with Crippen molar-refractivity contribution >= 4 is 5.84 Å². The van der Waals surface area contributed by atoms with Crippen LogP contribution in [0.15, 0.2) is 40.9 Å². The minimum absolute atomic E-state index is 0.343. The lowest BCUT2D eigenvalue weighted by atomic mass is 10.1. The van der Waals surface area contributed by atoms with Gasteiger partial charge < -0.3 is 5.73 Å². The van der Waals surface area contributed by atoms with Crippen LogP contribution in [0.1, 0.15) is 13.8 Å². The van der Waals surface area contributed by atoms with Crippen molar-refractivity contribution in [2.75, 3.05) is 7.05 Å². The van der Waals surface area contributed by atoms with Gasteiger partial charge in [-0.3, -0.25) is 4.99 Å². The highest BCUT2D eigenvalue weighted by Gasteiger charge is 2.00. The molecule has 0 aromatic carbocycles. The summed E-state index contributed by atoms with van der Waals surface area (Å²) in [6.07, 6.45) is 7.67. The van der Waals surface area contributed by atoms with Crippen LogP contribution in [-0.4, -0.2) is 19.1 Å². The van der Waals surface area contributed by atoms with Crippen LogP contribution in [0.3, 0.4) is 0 Å².